The average molecular weight is 548 g/mol. The van der Waals surface area contributed by atoms with Gasteiger partial charge in [0.1, 0.15) is 23.9 Å². The van der Waals surface area contributed by atoms with Gasteiger partial charge >= 0.3 is 0 Å². The lowest BCUT2D eigenvalue weighted by molar-refractivity contribution is 0.0919. The van der Waals surface area contributed by atoms with Gasteiger partial charge in [0.2, 0.25) is 0 Å². The molecule has 206 valence electrons. The minimum absolute atomic E-state index is 0.0394. The van der Waals surface area contributed by atoms with Gasteiger partial charge < -0.3 is 14.5 Å². The average Bonchev–Trinajstić information content (AvgIpc) is 3.50. The largest absolute Gasteiger partial charge is 0.486 e. The molecule has 6 rings (SSSR count). The molecule has 0 fully saturated rings. The van der Waals surface area contributed by atoms with Gasteiger partial charge in [0.25, 0.3) is 5.91 Å². The van der Waals surface area contributed by atoms with E-state index in [1.54, 1.807) is 30.6 Å². The first-order valence-corrected chi connectivity index (χ1v) is 13.7. The second-order valence-corrected chi connectivity index (χ2v) is 10.1. The van der Waals surface area contributed by atoms with Crippen molar-refractivity contribution in [3.8, 4) is 5.75 Å². The third-order valence-electron chi connectivity index (χ3n) is 7.36. The van der Waals surface area contributed by atoms with Crippen molar-refractivity contribution in [2.75, 3.05) is 6.54 Å². The topological polar surface area (TPSA) is 67.6 Å². The van der Waals surface area contributed by atoms with Crippen LogP contribution in [0.1, 0.15) is 50.2 Å². The molecule has 1 aliphatic heterocycles. The Hall–Kier alpha value is -4.75. The highest BCUT2D eigenvalue weighted by molar-refractivity contribution is 5.91. The SMILES string of the molecule is O=C(NCc1ccncc1)c1ccc(COc2ccc3c(c2)C(c2ccccc2)N(Cc2ccccc2F)CC3)o1. The Labute approximate surface area is 238 Å². The summed E-state index contributed by atoms with van der Waals surface area (Å²) >= 11 is 0. The fourth-order valence-electron chi connectivity index (χ4n) is 5.28. The van der Waals surface area contributed by atoms with Crippen molar-refractivity contribution in [1.82, 2.24) is 15.2 Å². The lowest BCUT2D eigenvalue weighted by Crippen LogP contribution is -2.36. The summed E-state index contributed by atoms with van der Waals surface area (Å²) in [6, 6.07) is 30.5. The number of aromatic nitrogens is 1. The Morgan fingerprint density at radius 2 is 1.78 bits per heavy atom. The van der Waals surface area contributed by atoms with E-state index in [0.29, 0.717) is 30.2 Å². The lowest BCUT2D eigenvalue weighted by Gasteiger charge is -2.38. The van der Waals surface area contributed by atoms with Crippen molar-refractivity contribution in [3.05, 3.63) is 155 Å². The molecule has 7 heteroatoms. The molecule has 1 atom stereocenters. The van der Waals surface area contributed by atoms with Crippen molar-refractivity contribution in [2.24, 2.45) is 0 Å². The van der Waals surface area contributed by atoms with Crippen molar-refractivity contribution in [1.29, 1.82) is 0 Å². The van der Waals surface area contributed by atoms with Crippen molar-refractivity contribution < 1.29 is 18.3 Å². The molecule has 0 spiro atoms. The second-order valence-electron chi connectivity index (χ2n) is 10.1. The Morgan fingerprint density at radius 1 is 0.976 bits per heavy atom. The van der Waals surface area contributed by atoms with Gasteiger partial charge in [-0.3, -0.25) is 14.7 Å². The van der Waals surface area contributed by atoms with Crippen LogP contribution in [0.5, 0.6) is 5.75 Å². The monoisotopic (exact) mass is 547 g/mol. The molecule has 1 N–H and O–H groups in total. The van der Waals surface area contributed by atoms with Gasteiger partial charge in [0.15, 0.2) is 5.76 Å². The number of furan rings is 1. The van der Waals surface area contributed by atoms with E-state index in [1.165, 1.54) is 11.6 Å². The van der Waals surface area contributed by atoms with Gasteiger partial charge in [-0.1, -0.05) is 54.6 Å². The van der Waals surface area contributed by atoms with E-state index in [0.717, 1.165) is 29.7 Å². The van der Waals surface area contributed by atoms with Gasteiger partial charge in [-0.2, -0.15) is 0 Å². The van der Waals surface area contributed by atoms with Crippen LogP contribution in [0.25, 0.3) is 0 Å². The number of nitrogens with one attached hydrogen (secondary N) is 1. The molecular formula is C34H30FN3O3. The number of hydrogen-bond acceptors (Lipinski definition) is 5. The zero-order chi connectivity index (χ0) is 28.0. The van der Waals surface area contributed by atoms with Crippen molar-refractivity contribution in [2.45, 2.75) is 32.2 Å². The summed E-state index contributed by atoms with van der Waals surface area (Å²) in [4.78, 5) is 18.8. The maximum absolute atomic E-state index is 14.6. The number of fused-ring (bicyclic) bond motifs is 1. The summed E-state index contributed by atoms with van der Waals surface area (Å²) in [5.74, 6) is 1.01. The first-order valence-electron chi connectivity index (χ1n) is 13.7. The first-order chi connectivity index (χ1) is 20.1. The smallest absolute Gasteiger partial charge is 0.287 e. The van der Waals surface area contributed by atoms with Crippen LogP contribution in [-0.2, 0) is 26.1 Å². The third-order valence-corrected chi connectivity index (χ3v) is 7.36. The zero-order valence-electron chi connectivity index (χ0n) is 22.5. The molecular weight excluding hydrogens is 517 g/mol. The highest BCUT2D eigenvalue weighted by Crippen LogP contribution is 2.38. The maximum atomic E-state index is 14.6. The minimum Gasteiger partial charge on any atom is -0.486 e. The van der Waals surface area contributed by atoms with Crippen LogP contribution in [0.2, 0.25) is 0 Å². The maximum Gasteiger partial charge on any atom is 0.287 e. The Morgan fingerprint density at radius 3 is 2.61 bits per heavy atom. The molecule has 5 aromatic rings. The van der Waals surface area contributed by atoms with Crippen LogP contribution >= 0.6 is 0 Å². The van der Waals surface area contributed by atoms with E-state index < -0.39 is 0 Å². The highest BCUT2D eigenvalue weighted by atomic mass is 19.1. The van der Waals surface area contributed by atoms with Gasteiger partial charge in [0, 0.05) is 37.6 Å². The number of rotatable bonds is 9. The molecule has 2 aromatic heterocycles. The summed E-state index contributed by atoms with van der Waals surface area (Å²) < 4.78 is 26.5. The Bertz CT molecular complexity index is 1620. The number of amides is 1. The molecule has 0 saturated carbocycles. The molecule has 0 aliphatic carbocycles. The summed E-state index contributed by atoms with van der Waals surface area (Å²) in [6.07, 6.45) is 4.24. The number of ether oxygens (including phenoxy) is 1. The predicted molar refractivity (Wildman–Crippen MR) is 154 cm³/mol. The molecule has 1 aliphatic rings. The van der Waals surface area contributed by atoms with E-state index >= 15 is 0 Å². The molecule has 0 saturated heterocycles. The normalized spacial score (nSPS) is 14.8. The number of pyridine rings is 1. The van der Waals surface area contributed by atoms with Gasteiger partial charge in [-0.05, 0) is 71.1 Å². The molecule has 1 amide bonds. The number of halogens is 1. The standard InChI is InChI=1S/C34H30FN3O3/c35-31-9-5-4-8-27(31)22-38-19-16-25-10-11-28(20-30(25)33(38)26-6-2-1-3-7-26)40-23-29-12-13-32(41-29)34(39)37-21-24-14-17-36-18-15-24/h1-15,17-18,20,33H,16,19,21-23H2,(H,37,39). The van der Waals surface area contributed by atoms with Crippen molar-refractivity contribution in [3.63, 3.8) is 0 Å². The van der Waals surface area contributed by atoms with E-state index in [9.17, 15) is 9.18 Å². The molecule has 0 bridgehead atoms. The van der Waals surface area contributed by atoms with Crippen LogP contribution in [0.3, 0.4) is 0 Å². The van der Waals surface area contributed by atoms with E-state index in [1.807, 2.05) is 48.5 Å². The molecule has 41 heavy (non-hydrogen) atoms. The van der Waals surface area contributed by atoms with Crippen LogP contribution in [0, 0.1) is 5.82 Å². The highest BCUT2D eigenvalue weighted by Gasteiger charge is 2.29. The fourth-order valence-corrected chi connectivity index (χ4v) is 5.28. The predicted octanol–water partition coefficient (Wildman–Crippen LogP) is 6.47. The van der Waals surface area contributed by atoms with Gasteiger partial charge in [-0.15, -0.1) is 0 Å². The third kappa shape index (κ3) is 6.21. The molecule has 1 unspecified atom stereocenters. The minimum atomic E-state index is -0.289. The fraction of sp³-hybridized carbons (Fsp3) is 0.176. The summed E-state index contributed by atoms with van der Waals surface area (Å²) in [5, 5.41) is 2.85. The summed E-state index contributed by atoms with van der Waals surface area (Å²) in [6.45, 7) is 1.90. The number of carbonyl (C=O) groups excluding carboxylic acids is 1. The Kier molecular flexibility index (Phi) is 7.87. The molecule has 3 aromatic carbocycles. The van der Waals surface area contributed by atoms with Crippen LogP contribution in [-0.4, -0.2) is 22.3 Å². The Balaban J connectivity index is 1.17. The van der Waals surface area contributed by atoms with Crippen LogP contribution < -0.4 is 10.1 Å². The lowest BCUT2D eigenvalue weighted by atomic mass is 9.87. The molecule has 3 heterocycles. The van der Waals surface area contributed by atoms with Crippen molar-refractivity contribution >= 4 is 5.91 Å². The number of carbonyl (C=O) groups is 1. The quantitative estimate of drug-likeness (QED) is 0.229. The van der Waals surface area contributed by atoms with Crippen LogP contribution in [0.4, 0.5) is 4.39 Å². The van der Waals surface area contributed by atoms with Crippen LogP contribution in [0.15, 0.2) is 114 Å². The van der Waals surface area contributed by atoms with E-state index in [4.69, 9.17) is 9.15 Å². The second kappa shape index (κ2) is 12.2. The van der Waals surface area contributed by atoms with E-state index in [-0.39, 0.29) is 30.1 Å². The van der Waals surface area contributed by atoms with E-state index in [2.05, 4.69) is 39.5 Å². The summed E-state index contributed by atoms with van der Waals surface area (Å²) in [5.41, 5.74) is 5.18. The first kappa shape index (κ1) is 26.5. The number of hydrogen-bond donors (Lipinski definition) is 1. The van der Waals surface area contributed by atoms with Gasteiger partial charge in [0.05, 0.1) is 6.04 Å². The molecule has 0 radical (unpaired) electrons. The molecule has 6 nitrogen and oxygen atoms in total. The zero-order valence-corrected chi connectivity index (χ0v) is 22.5. The number of nitrogens with zero attached hydrogens (tertiary/aromatic N) is 2. The summed E-state index contributed by atoms with van der Waals surface area (Å²) in [7, 11) is 0. The van der Waals surface area contributed by atoms with Gasteiger partial charge in [-0.25, -0.2) is 4.39 Å². The number of benzene rings is 3.